The Labute approximate surface area is 163 Å². The third-order valence-corrected chi connectivity index (χ3v) is 4.78. The monoisotopic (exact) mass is 452 g/mol. The minimum atomic E-state index is -0.0744. The van der Waals surface area contributed by atoms with Crippen molar-refractivity contribution in [3.8, 4) is 0 Å². The van der Waals surface area contributed by atoms with E-state index in [1.165, 1.54) is 20.0 Å². The minimum Gasteiger partial charge on any atom is -0.469 e. The number of nitrogens with one attached hydrogen (secondary N) is 1. The first-order valence-electron chi connectivity index (χ1n) is 9.04. The molecule has 1 saturated heterocycles. The molecular formula is C17H33IN4O2. The van der Waals surface area contributed by atoms with E-state index in [0.29, 0.717) is 0 Å². The van der Waals surface area contributed by atoms with E-state index in [9.17, 15) is 4.79 Å². The summed E-state index contributed by atoms with van der Waals surface area (Å²) >= 11 is 0. The van der Waals surface area contributed by atoms with Gasteiger partial charge >= 0.3 is 5.97 Å². The highest BCUT2D eigenvalue weighted by Gasteiger charge is 2.28. The van der Waals surface area contributed by atoms with Crippen molar-refractivity contribution in [2.75, 3.05) is 46.4 Å². The summed E-state index contributed by atoms with van der Waals surface area (Å²) in [6.45, 7) is 9.91. The highest BCUT2D eigenvalue weighted by atomic mass is 127. The van der Waals surface area contributed by atoms with Crippen molar-refractivity contribution in [3.05, 3.63) is 0 Å². The summed E-state index contributed by atoms with van der Waals surface area (Å²) in [4.78, 5) is 21.2. The SMILES string of the molecule is CCNC(=NCCN(CC)C1CC1)N1CCC(C(=O)OC)CC1.I. The number of halogens is 1. The molecule has 0 atom stereocenters. The van der Waals surface area contributed by atoms with E-state index in [1.54, 1.807) is 0 Å². The summed E-state index contributed by atoms with van der Waals surface area (Å²) in [7, 11) is 1.47. The number of nitrogens with zero attached hydrogens (tertiary/aromatic N) is 3. The molecule has 7 heteroatoms. The molecule has 0 aromatic carbocycles. The second-order valence-electron chi connectivity index (χ2n) is 6.38. The van der Waals surface area contributed by atoms with E-state index < -0.39 is 0 Å². The predicted octanol–water partition coefficient (Wildman–Crippen LogP) is 1.94. The summed E-state index contributed by atoms with van der Waals surface area (Å²) in [5.41, 5.74) is 0. The van der Waals surface area contributed by atoms with Crippen molar-refractivity contribution < 1.29 is 9.53 Å². The molecule has 6 nitrogen and oxygen atoms in total. The summed E-state index contributed by atoms with van der Waals surface area (Å²) in [6.07, 6.45) is 4.39. The molecule has 0 aromatic heterocycles. The fraction of sp³-hybridized carbons (Fsp3) is 0.882. The van der Waals surface area contributed by atoms with Gasteiger partial charge in [0.25, 0.3) is 0 Å². The van der Waals surface area contributed by atoms with Gasteiger partial charge < -0.3 is 15.0 Å². The average Bonchev–Trinajstić information content (AvgIpc) is 3.42. The quantitative estimate of drug-likeness (QED) is 0.277. The van der Waals surface area contributed by atoms with Gasteiger partial charge in [0, 0.05) is 32.2 Å². The number of hydrogen-bond acceptors (Lipinski definition) is 4. The Kier molecular flexibility index (Phi) is 9.95. The number of likely N-dealkylation sites (N-methyl/N-ethyl adjacent to an activating group) is 1. The lowest BCUT2D eigenvalue weighted by atomic mass is 9.97. The van der Waals surface area contributed by atoms with E-state index in [1.807, 2.05) is 0 Å². The van der Waals surface area contributed by atoms with Crippen molar-refractivity contribution in [3.63, 3.8) is 0 Å². The number of ether oxygens (including phenoxy) is 1. The van der Waals surface area contributed by atoms with Crippen molar-refractivity contribution in [2.24, 2.45) is 10.9 Å². The third kappa shape index (κ3) is 6.38. The molecule has 1 N–H and O–H groups in total. The van der Waals surface area contributed by atoms with Crippen molar-refractivity contribution in [2.45, 2.75) is 45.6 Å². The van der Waals surface area contributed by atoms with Crippen LogP contribution in [-0.4, -0.2) is 74.1 Å². The highest BCUT2D eigenvalue weighted by Crippen LogP contribution is 2.26. The van der Waals surface area contributed by atoms with Gasteiger partial charge in [-0.3, -0.25) is 14.7 Å². The zero-order chi connectivity index (χ0) is 16.7. The van der Waals surface area contributed by atoms with Crippen molar-refractivity contribution >= 4 is 35.9 Å². The van der Waals surface area contributed by atoms with Gasteiger partial charge in [0.15, 0.2) is 5.96 Å². The van der Waals surface area contributed by atoms with E-state index in [4.69, 9.17) is 9.73 Å². The zero-order valence-corrected chi connectivity index (χ0v) is 17.6. The first-order valence-corrected chi connectivity index (χ1v) is 9.04. The Bertz CT molecular complexity index is 407. The van der Waals surface area contributed by atoms with Gasteiger partial charge in [-0.05, 0) is 39.2 Å². The molecule has 140 valence electrons. The first kappa shape index (κ1) is 21.5. The fourth-order valence-corrected chi connectivity index (χ4v) is 3.24. The largest absolute Gasteiger partial charge is 0.469 e. The topological polar surface area (TPSA) is 57.2 Å². The van der Waals surface area contributed by atoms with E-state index in [0.717, 1.165) is 64.1 Å². The van der Waals surface area contributed by atoms with Crippen LogP contribution >= 0.6 is 24.0 Å². The second kappa shape index (κ2) is 11.1. The Morgan fingerprint density at radius 3 is 2.42 bits per heavy atom. The number of aliphatic imine (C=N–C) groups is 1. The average molecular weight is 452 g/mol. The Hall–Kier alpha value is -0.570. The summed E-state index contributed by atoms with van der Waals surface area (Å²) in [5, 5.41) is 3.39. The van der Waals surface area contributed by atoms with Crippen LogP contribution in [-0.2, 0) is 9.53 Å². The molecule has 0 bridgehead atoms. The number of carbonyl (C=O) groups is 1. The van der Waals surface area contributed by atoms with E-state index in [2.05, 4.69) is 29.0 Å². The second-order valence-corrected chi connectivity index (χ2v) is 6.38. The van der Waals surface area contributed by atoms with Crippen LogP contribution in [0.3, 0.4) is 0 Å². The molecule has 2 fully saturated rings. The number of guanidine groups is 1. The van der Waals surface area contributed by atoms with Gasteiger partial charge in [0.2, 0.25) is 0 Å². The predicted molar refractivity (Wildman–Crippen MR) is 108 cm³/mol. The maximum absolute atomic E-state index is 11.6. The molecule has 1 heterocycles. The molecule has 1 saturated carbocycles. The Balaban J connectivity index is 0.00000288. The van der Waals surface area contributed by atoms with Crippen molar-refractivity contribution in [1.29, 1.82) is 0 Å². The molecule has 0 aromatic rings. The molecule has 0 amide bonds. The van der Waals surface area contributed by atoms with Crippen LogP contribution in [0.25, 0.3) is 0 Å². The number of piperidine rings is 1. The van der Waals surface area contributed by atoms with Gasteiger partial charge in [-0.1, -0.05) is 6.92 Å². The first-order chi connectivity index (χ1) is 11.2. The summed E-state index contributed by atoms with van der Waals surface area (Å²) in [6, 6.07) is 0.800. The van der Waals surface area contributed by atoms with Crippen molar-refractivity contribution in [1.82, 2.24) is 15.1 Å². The van der Waals surface area contributed by atoms with Gasteiger partial charge in [-0.15, -0.1) is 24.0 Å². The van der Waals surface area contributed by atoms with Crippen LogP contribution in [0.15, 0.2) is 4.99 Å². The van der Waals surface area contributed by atoms with Crippen LogP contribution in [0.1, 0.15) is 39.5 Å². The molecule has 2 rings (SSSR count). The zero-order valence-electron chi connectivity index (χ0n) is 15.3. The molecular weight excluding hydrogens is 419 g/mol. The van der Waals surface area contributed by atoms with Crippen LogP contribution in [0, 0.1) is 5.92 Å². The number of likely N-dealkylation sites (tertiary alicyclic amines) is 1. The highest BCUT2D eigenvalue weighted by molar-refractivity contribution is 14.0. The smallest absolute Gasteiger partial charge is 0.308 e. The van der Waals surface area contributed by atoms with Gasteiger partial charge in [-0.25, -0.2) is 0 Å². The molecule has 0 unspecified atom stereocenters. The lowest BCUT2D eigenvalue weighted by Crippen LogP contribution is -2.47. The van der Waals surface area contributed by atoms with Gasteiger partial charge in [-0.2, -0.15) is 0 Å². The normalized spacial score (nSPS) is 19.2. The molecule has 0 spiro atoms. The molecule has 0 radical (unpaired) electrons. The van der Waals surface area contributed by atoms with Gasteiger partial charge in [0.05, 0.1) is 19.6 Å². The summed E-state index contributed by atoms with van der Waals surface area (Å²) in [5.74, 6) is 0.960. The fourth-order valence-electron chi connectivity index (χ4n) is 3.24. The standard InChI is InChI=1S/C17H32N4O2.HI/c1-4-18-17(19-10-13-20(5-2)15-6-7-15)21-11-8-14(9-12-21)16(22)23-3;/h14-15H,4-13H2,1-3H3,(H,18,19);1H. The molecule has 1 aliphatic heterocycles. The number of esters is 1. The van der Waals surface area contributed by atoms with Gasteiger partial charge in [0.1, 0.15) is 0 Å². The number of hydrogen-bond donors (Lipinski definition) is 1. The Morgan fingerprint density at radius 1 is 1.25 bits per heavy atom. The van der Waals surface area contributed by atoms with E-state index in [-0.39, 0.29) is 35.9 Å². The minimum absolute atomic E-state index is 0. The Morgan fingerprint density at radius 2 is 1.92 bits per heavy atom. The maximum Gasteiger partial charge on any atom is 0.308 e. The van der Waals surface area contributed by atoms with E-state index >= 15 is 0 Å². The number of rotatable bonds is 7. The molecule has 1 aliphatic carbocycles. The summed E-state index contributed by atoms with van der Waals surface area (Å²) < 4.78 is 4.86. The van der Waals surface area contributed by atoms with Crippen LogP contribution in [0.5, 0.6) is 0 Å². The van der Waals surface area contributed by atoms with Crippen LogP contribution in [0.4, 0.5) is 0 Å². The number of methoxy groups -OCH3 is 1. The molecule has 2 aliphatic rings. The lowest BCUT2D eigenvalue weighted by Gasteiger charge is -2.33. The molecule has 24 heavy (non-hydrogen) atoms. The van der Waals surface area contributed by atoms with Crippen LogP contribution < -0.4 is 5.32 Å². The third-order valence-electron chi connectivity index (χ3n) is 4.78. The lowest BCUT2D eigenvalue weighted by molar-refractivity contribution is -0.146. The maximum atomic E-state index is 11.6. The number of carbonyl (C=O) groups excluding carboxylic acids is 1. The van der Waals surface area contributed by atoms with Crippen LogP contribution in [0.2, 0.25) is 0 Å².